The van der Waals surface area contributed by atoms with Gasteiger partial charge in [-0.1, -0.05) is 29.3 Å². The lowest BCUT2D eigenvalue weighted by atomic mass is 10.1. The van der Waals surface area contributed by atoms with Crippen LogP contribution in [-0.4, -0.2) is 9.97 Å². The van der Waals surface area contributed by atoms with Crippen LogP contribution in [0.4, 0.5) is 0 Å². The Balaban J connectivity index is 2.58. The van der Waals surface area contributed by atoms with Gasteiger partial charge in [-0.05, 0) is 36.2 Å². The fourth-order valence-corrected chi connectivity index (χ4v) is 1.79. The van der Waals surface area contributed by atoms with Crippen LogP contribution >= 0.6 is 34.8 Å². The van der Waals surface area contributed by atoms with Gasteiger partial charge in [0.25, 0.3) is 0 Å². The molecule has 2 nitrogen and oxygen atoms in total. The predicted octanol–water partition coefficient (Wildman–Crippen LogP) is 4.41. The fraction of sp³-hybridized carbons (Fsp3) is 0.0909. The number of rotatable bonds is 1. The first kappa shape index (κ1) is 11.6. The molecule has 0 unspecified atom stereocenters. The van der Waals surface area contributed by atoms with E-state index in [4.69, 9.17) is 34.8 Å². The zero-order valence-electron chi connectivity index (χ0n) is 8.34. The summed E-state index contributed by atoms with van der Waals surface area (Å²) >= 11 is 17.6. The first-order valence-corrected chi connectivity index (χ1v) is 5.66. The molecule has 1 aromatic carbocycles. The van der Waals surface area contributed by atoms with Gasteiger partial charge in [-0.25, -0.2) is 9.97 Å². The molecule has 16 heavy (non-hydrogen) atoms. The third-order valence-electron chi connectivity index (χ3n) is 2.14. The molecule has 0 amide bonds. The molecule has 0 bridgehead atoms. The van der Waals surface area contributed by atoms with E-state index in [-0.39, 0.29) is 5.28 Å². The second-order valence-electron chi connectivity index (χ2n) is 3.30. The molecule has 0 aliphatic rings. The summed E-state index contributed by atoms with van der Waals surface area (Å²) in [4.78, 5) is 8.07. The standard InChI is InChI=1S/C11H7Cl3N2/c1-6-5-15-11(14)16-10(6)7-2-3-8(12)9(13)4-7/h2-5H,1H3. The Hall–Kier alpha value is -0.830. The van der Waals surface area contributed by atoms with Crippen LogP contribution in [0.2, 0.25) is 15.3 Å². The van der Waals surface area contributed by atoms with Gasteiger partial charge in [0.1, 0.15) is 0 Å². The number of benzene rings is 1. The molecule has 0 saturated heterocycles. The number of hydrogen-bond acceptors (Lipinski definition) is 2. The van der Waals surface area contributed by atoms with Crippen LogP contribution in [0, 0.1) is 6.92 Å². The Bertz CT molecular complexity index is 541. The van der Waals surface area contributed by atoms with E-state index in [1.54, 1.807) is 18.3 Å². The monoisotopic (exact) mass is 272 g/mol. The van der Waals surface area contributed by atoms with Crippen molar-refractivity contribution in [1.29, 1.82) is 0 Å². The van der Waals surface area contributed by atoms with Crippen LogP contribution in [-0.2, 0) is 0 Å². The SMILES string of the molecule is Cc1cnc(Cl)nc1-c1ccc(Cl)c(Cl)c1. The molecule has 2 aromatic rings. The highest BCUT2D eigenvalue weighted by Crippen LogP contribution is 2.29. The molecule has 2 rings (SSSR count). The van der Waals surface area contributed by atoms with Gasteiger partial charge in [-0.2, -0.15) is 0 Å². The Kier molecular flexibility index (Phi) is 3.33. The fourth-order valence-electron chi connectivity index (χ4n) is 1.36. The maximum absolute atomic E-state index is 5.95. The normalized spacial score (nSPS) is 10.5. The zero-order valence-corrected chi connectivity index (χ0v) is 10.6. The summed E-state index contributed by atoms with van der Waals surface area (Å²) in [6.07, 6.45) is 1.67. The van der Waals surface area contributed by atoms with Crippen molar-refractivity contribution in [2.75, 3.05) is 0 Å². The summed E-state index contributed by atoms with van der Waals surface area (Å²) in [5, 5.41) is 1.23. The van der Waals surface area contributed by atoms with Crippen molar-refractivity contribution >= 4 is 34.8 Å². The zero-order chi connectivity index (χ0) is 11.7. The molecule has 0 aliphatic carbocycles. The van der Waals surface area contributed by atoms with Gasteiger partial charge in [0.05, 0.1) is 15.7 Å². The quantitative estimate of drug-likeness (QED) is 0.719. The lowest BCUT2D eigenvalue weighted by molar-refractivity contribution is 1.13. The third kappa shape index (κ3) is 2.29. The Morgan fingerprint density at radius 2 is 1.81 bits per heavy atom. The molecular formula is C11H7Cl3N2. The first-order valence-electron chi connectivity index (χ1n) is 4.52. The summed E-state index contributed by atoms with van der Waals surface area (Å²) < 4.78 is 0. The number of aryl methyl sites for hydroxylation is 1. The minimum atomic E-state index is 0.215. The topological polar surface area (TPSA) is 25.8 Å². The summed E-state index contributed by atoms with van der Waals surface area (Å²) in [5.41, 5.74) is 2.57. The summed E-state index contributed by atoms with van der Waals surface area (Å²) in [6, 6.07) is 5.34. The number of aromatic nitrogens is 2. The lowest BCUT2D eigenvalue weighted by Crippen LogP contribution is -1.91. The largest absolute Gasteiger partial charge is 0.226 e. The number of halogens is 3. The van der Waals surface area contributed by atoms with Crippen molar-refractivity contribution in [3.05, 3.63) is 45.3 Å². The minimum Gasteiger partial charge on any atom is -0.226 e. The maximum Gasteiger partial charge on any atom is 0.222 e. The average molecular weight is 274 g/mol. The highest BCUT2D eigenvalue weighted by atomic mass is 35.5. The minimum absolute atomic E-state index is 0.215. The van der Waals surface area contributed by atoms with E-state index < -0.39 is 0 Å². The van der Waals surface area contributed by atoms with Crippen molar-refractivity contribution in [2.45, 2.75) is 6.92 Å². The molecule has 0 fully saturated rings. The van der Waals surface area contributed by atoms with Crippen molar-refractivity contribution in [3.63, 3.8) is 0 Å². The van der Waals surface area contributed by atoms with E-state index in [0.717, 1.165) is 16.8 Å². The molecule has 0 spiro atoms. The summed E-state index contributed by atoms with van der Waals surface area (Å²) in [5.74, 6) is 0. The van der Waals surface area contributed by atoms with E-state index in [2.05, 4.69) is 9.97 Å². The van der Waals surface area contributed by atoms with E-state index in [1.165, 1.54) is 0 Å². The van der Waals surface area contributed by atoms with Gasteiger partial charge in [-0.15, -0.1) is 0 Å². The second-order valence-corrected chi connectivity index (χ2v) is 4.45. The Morgan fingerprint density at radius 3 is 2.50 bits per heavy atom. The van der Waals surface area contributed by atoms with Crippen molar-refractivity contribution in [3.8, 4) is 11.3 Å². The van der Waals surface area contributed by atoms with Crippen LogP contribution < -0.4 is 0 Å². The van der Waals surface area contributed by atoms with E-state index in [1.807, 2.05) is 13.0 Å². The first-order chi connectivity index (χ1) is 7.58. The molecular weight excluding hydrogens is 266 g/mol. The number of nitrogens with zero attached hydrogens (tertiary/aromatic N) is 2. The van der Waals surface area contributed by atoms with Crippen LogP contribution in [0.25, 0.3) is 11.3 Å². The highest BCUT2D eigenvalue weighted by molar-refractivity contribution is 6.42. The Morgan fingerprint density at radius 1 is 1.06 bits per heavy atom. The molecule has 0 saturated carbocycles. The van der Waals surface area contributed by atoms with Gasteiger partial charge in [0.15, 0.2) is 0 Å². The molecule has 0 N–H and O–H groups in total. The van der Waals surface area contributed by atoms with Crippen LogP contribution in [0.5, 0.6) is 0 Å². The predicted molar refractivity (Wildman–Crippen MR) is 67.2 cm³/mol. The molecule has 82 valence electrons. The molecule has 0 aliphatic heterocycles. The van der Waals surface area contributed by atoms with Crippen molar-refractivity contribution < 1.29 is 0 Å². The Labute approximate surface area is 108 Å². The van der Waals surface area contributed by atoms with Crippen LogP contribution in [0.3, 0.4) is 0 Å². The maximum atomic E-state index is 5.95. The molecule has 1 heterocycles. The van der Waals surface area contributed by atoms with E-state index in [0.29, 0.717) is 10.0 Å². The summed E-state index contributed by atoms with van der Waals surface area (Å²) in [6.45, 7) is 1.91. The summed E-state index contributed by atoms with van der Waals surface area (Å²) in [7, 11) is 0. The van der Waals surface area contributed by atoms with Crippen molar-refractivity contribution in [2.24, 2.45) is 0 Å². The van der Waals surface area contributed by atoms with Crippen molar-refractivity contribution in [1.82, 2.24) is 9.97 Å². The highest BCUT2D eigenvalue weighted by Gasteiger charge is 2.07. The van der Waals surface area contributed by atoms with E-state index >= 15 is 0 Å². The van der Waals surface area contributed by atoms with Gasteiger partial charge in [0, 0.05) is 11.8 Å². The van der Waals surface area contributed by atoms with Gasteiger partial charge in [-0.3, -0.25) is 0 Å². The average Bonchev–Trinajstić information content (AvgIpc) is 2.26. The molecule has 1 aromatic heterocycles. The molecule has 0 radical (unpaired) electrons. The number of hydrogen-bond donors (Lipinski definition) is 0. The van der Waals surface area contributed by atoms with Crippen LogP contribution in [0.1, 0.15) is 5.56 Å². The van der Waals surface area contributed by atoms with Gasteiger partial charge < -0.3 is 0 Å². The van der Waals surface area contributed by atoms with Crippen LogP contribution in [0.15, 0.2) is 24.4 Å². The lowest BCUT2D eigenvalue weighted by Gasteiger charge is -2.05. The molecule has 5 heteroatoms. The third-order valence-corrected chi connectivity index (χ3v) is 3.06. The molecule has 0 atom stereocenters. The van der Waals surface area contributed by atoms with E-state index in [9.17, 15) is 0 Å². The second kappa shape index (κ2) is 4.58. The van der Waals surface area contributed by atoms with Gasteiger partial charge in [0.2, 0.25) is 5.28 Å². The smallest absolute Gasteiger partial charge is 0.222 e. The van der Waals surface area contributed by atoms with Gasteiger partial charge >= 0.3 is 0 Å².